The van der Waals surface area contributed by atoms with E-state index in [0.29, 0.717) is 24.2 Å². The van der Waals surface area contributed by atoms with Crippen molar-refractivity contribution in [2.75, 3.05) is 18.0 Å². The first kappa shape index (κ1) is 20.7. The number of fused-ring (bicyclic) bond motifs is 1. The summed E-state index contributed by atoms with van der Waals surface area (Å²) in [4.78, 5) is 24.0. The molecule has 1 aliphatic heterocycles. The average molecular weight is 462 g/mol. The van der Waals surface area contributed by atoms with Gasteiger partial charge in [-0.25, -0.2) is 15.0 Å². The van der Waals surface area contributed by atoms with Crippen molar-refractivity contribution in [2.45, 2.75) is 58.8 Å². The van der Waals surface area contributed by atoms with E-state index in [1.54, 1.807) is 11.3 Å². The molecule has 0 N–H and O–H groups in total. The van der Waals surface area contributed by atoms with Gasteiger partial charge < -0.3 is 9.64 Å². The van der Waals surface area contributed by atoms with Gasteiger partial charge in [0.1, 0.15) is 17.3 Å². The average Bonchev–Trinajstić information content (AvgIpc) is 3.35. The maximum Gasteiger partial charge on any atom is 0.228 e. The maximum absolute atomic E-state index is 6.30. The summed E-state index contributed by atoms with van der Waals surface area (Å²) in [6.07, 6.45) is 6.48. The number of aryl methyl sites for hydroxylation is 3. The van der Waals surface area contributed by atoms with Crippen LogP contribution in [0.2, 0.25) is 0 Å². The molecular formula is C24H27N7OS. The molecule has 2 fully saturated rings. The first-order valence-electron chi connectivity index (χ1n) is 11.5. The van der Waals surface area contributed by atoms with Crippen molar-refractivity contribution in [1.82, 2.24) is 29.7 Å². The Morgan fingerprint density at radius 2 is 1.82 bits per heavy atom. The zero-order valence-corrected chi connectivity index (χ0v) is 20.1. The number of rotatable bonds is 4. The number of aromatic nitrogens is 6. The fourth-order valence-corrected chi connectivity index (χ4v) is 5.19. The van der Waals surface area contributed by atoms with Gasteiger partial charge in [-0.05, 0) is 52.7 Å². The van der Waals surface area contributed by atoms with E-state index in [1.165, 1.54) is 17.7 Å². The zero-order chi connectivity index (χ0) is 22.7. The lowest BCUT2D eigenvalue weighted by atomic mass is 10.1. The van der Waals surface area contributed by atoms with Gasteiger partial charge in [0, 0.05) is 23.2 Å². The van der Waals surface area contributed by atoms with Crippen LogP contribution in [0.5, 0.6) is 0 Å². The summed E-state index contributed by atoms with van der Waals surface area (Å²) in [6, 6.07) is 4.79. The van der Waals surface area contributed by atoms with Crippen LogP contribution in [0, 0.1) is 20.8 Å². The third-order valence-corrected chi connectivity index (χ3v) is 7.37. The molecule has 5 heterocycles. The predicted molar refractivity (Wildman–Crippen MR) is 129 cm³/mol. The van der Waals surface area contributed by atoms with Crippen LogP contribution in [0.1, 0.15) is 53.7 Å². The first-order chi connectivity index (χ1) is 15.9. The minimum absolute atomic E-state index is 0.0468. The highest BCUT2D eigenvalue weighted by atomic mass is 32.1. The van der Waals surface area contributed by atoms with Crippen LogP contribution in [-0.2, 0) is 4.74 Å². The largest absolute Gasteiger partial charge is 0.367 e. The molecule has 33 heavy (non-hydrogen) atoms. The first-order valence-corrected chi connectivity index (χ1v) is 12.3. The molecule has 4 aromatic rings. The summed E-state index contributed by atoms with van der Waals surface area (Å²) in [6.45, 7) is 9.56. The highest BCUT2D eigenvalue weighted by Gasteiger charge is 2.31. The molecule has 0 spiro atoms. The minimum atomic E-state index is -0.0705. The smallest absolute Gasteiger partial charge is 0.228 e. The van der Waals surface area contributed by atoms with Gasteiger partial charge in [-0.15, -0.1) is 11.3 Å². The number of hydrogen-bond acceptors (Lipinski definition) is 8. The third-order valence-electron chi connectivity index (χ3n) is 6.36. The summed E-state index contributed by atoms with van der Waals surface area (Å²) < 4.78 is 8.38. The Morgan fingerprint density at radius 3 is 2.58 bits per heavy atom. The van der Waals surface area contributed by atoms with Gasteiger partial charge in [-0.1, -0.05) is 0 Å². The second-order valence-corrected chi connectivity index (χ2v) is 10.5. The van der Waals surface area contributed by atoms with E-state index in [2.05, 4.69) is 46.9 Å². The van der Waals surface area contributed by atoms with Crippen LogP contribution in [0.25, 0.3) is 21.7 Å². The van der Waals surface area contributed by atoms with Gasteiger partial charge in [-0.3, -0.25) is 4.68 Å². The van der Waals surface area contributed by atoms with Gasteiger partial charge in [0.25, 0.3) is 0 Å². The highest BCUT2D eigenvalue weighted by Crippen LogP contribution is 2.36. The molecule has 0 bridgehead atoms. The second-order valence-electron chi connectivity index (χ2n) is 9.17. The van der Waals surface area contributed by atoms with E-state index in [4.69, 9.17) is 24.7 Å². The molecule has 170 valence electrons. The van der Waals surface area contributed by atoms with Crippen molar-refractivity contribution >= 4 is 28.4 Å². The lowest BCUT2D eigenvalue weighted by molar-refractivity contribution is -0.0178. The molecule has 1 aliphatic carbocycles. The fourth-order valence-electron chi connectivity index (χ4n) is 4.33. The van der Waals surface area contributed by atoms with Crippen LogP contribution >= 0.6 is 11.3 Å². The number of anilines is 1. The van der Waals surface area contributed by atoms with Gasteiger partial charge >= 0.3 is 0 Å². The van der Waals surface area contributed by atoms with Gasteiger partial charge in [0.2, 0.25) is 5.95 Å². The zero-order valence-electron chi connectivity index (χ0n) is 19.3. The van der Waals surface area contributed by atoms with Crippen LogP contribution in [0.4, 0.5) is 5.95 Å². The van der Waals surface area contributed by atoms with Gasteiger partial charge in [0.05, 0.1) is 41.2 Å². The number of morpholine rings is 1. The number of thiophene rings is 1. The Bertz CT molecular complexity index is 1340. The highest BCUT2D eigenvalue weighted by molar-refractivity contribution is 7.15. The molecule has 0 radical (unpaired) electrons. The molecule has 4 aromatic heterocycles. The van der Waals surface area contributed by atoms with Crippen molar-refractivity contribution in [3.63, 3.8) is 0 Å². The molecule has 0 amide bonds. The quantitative estimate of drug-likeness (QED) is 0.440. The van der Waals surface area contributed by atoms with Crippen LogP contribution in [-0.4, -0.2) is 48.9 Å². The SMILES string of the molecule is Cc1ccc(-c2nc(N3C[C@@H](c4cnn(C5CC5)c4)O[C@@H](C)C3)nc3nc(C)c(C)nc23)s1. The Kier molecular flexibility index (Phi) is 4.92. The molecule has 8 nitrogen and oxygen atoms in total. The Morgan fingerprint density at radius 1 is 1.00 bits per heavy atom. The second kappa shape index (κ2) is 7.85. The van der Waals surface area contributed by atoms with Crippen molar-refractivity contribution in [3.05, 3.63) is 46.4 Å². The summed E-state index contributed by atoms with van der Waals surface area (Å²) in [5.74, 6) is 0.677. The predicted octanol–water partition coefficient (Wildman–Crippen LogP) is 4.57. The standard InChI is InChI=1S/C24H27N7OS/c1-13-10-30(12-19(32-13)17-9-25-31(11-17)18-6-7-18)24-28-21(20-8-5-14(2)33-20)22-23(29-24)27-16(4)15(3)26-22/h5,8-9,11,13,18-19H,6-7,10,12H2,1-4H3/t13-,19-/m0/s1. The number of hydrogen-bond donors (Lipinski definition) is 0. The fraction of sp³-hybridized carbons (Fsp3) is 0.458. The van der Waals surface area contributed by atoms with Crippen molar-refractivity contribution in [3.8, 4) is 10.6 Å². The summed E-state index contributed by atoms with van der Waals surface area (Å²) in [7, 11) is 0. The molecular weight excluding hydrogens is 434 g/mol. The Hall–Kier alpha value is -2.91. The van der Waals surface area contributed by atoms with E-state index >= 15 is 0 Å². The van der Waals surface area contributed by atoms with E-state index in [-0.39, 0.29) is 12.2 Å². The monoisotopic (exact) mass is 461 g/mol. The van der Waals surface area contributed by atoms with Crippen LogP contribution in [0.15, 0.2) is 24.5 Å². The van der Waals surface area contributed by atoms with Gasteiger partial charge in [0.15, 0.2) is 5.65 Å². The Balaban J connectivity index is 1.41. The summed E-state index contributed by atoms with van der Waals surface area (Å²) in [5, 5.41) is 4.56. The number of nitrogens with zero attached hydrogens (tertiary/aromatic N) is 7. The minimum Gasteiger partial charge on any atom is -0.367 e. The van der Waals surface area contributed by atoms with Crippen LogP contribution in [0.3, 0.4) is 0 Å². The molecule has 9 heteroatoms. The number of ether oxygens (including phenoxy) is 1. The molecule has 2 aliphatic rings. The third kappa shape index (κ3) is 3.89. The summed E-state index contributed by atoms with van der Waals surface area (Å²) >= 11 is 1.72. The maximum atomic E-state index is 6.30. The van der Waals surface area contributed by atoms with Crippen molar-refractivity contribution < 1.29 is 4.74 Å². The van der Waals surface area contributed by atoms with E-state index in [0.717, 1.165) is 39.6 Å². The van der Waals surface area contributed by atoms with E-state index in [9.17, 15) is 0 Å². The Labute approximate surface area is 196 Å². The molecule has 1 saturated carbocycles. The van der Waals surface area contributed by atoms with Crippen LogP contribution < -0.4 is 4.90 Å². The van der Waals surface area contributed by atoms with Gasteiger partial charge in [-0.2, -0.15) is 10.1 Å². The van der Waals surface area contributed by atoms with E-state index < -0.39 is 0 Å². The summed E-state index contributed by atoms with van der Waals surface area (Å²) in [5.41, 5.74) is 5.15. The molecule has 6 rings (SSSR count). The lowest BCUT2D eigenvalue weighted by Gasteiger charge is -2.36. The molecule has 1 saturated heterocycles. The lowest BCUT2D eigenvalue weighted by Crippen LogP contribution is -2.43. The molecule has 0 aromatic carbocycles. The normalized spacial score (nSPS) is 21.2. The van der Waals surface area contributed by atoms with E-state index in [1.807, 2.05) is 20.0 Å². The topological polar surface area (TPSA) is 81.9 Å². The molecule has 0 unspecified atom stereocenters. The van der Waals surface area contributed by atoms with Crippen molar-refractivity contribution in [2.24, 2.45) is 0 Å². The molecule has 2 atom stereocenters. The van der Waals surface area contributed by atoms with Crippen molar-refractivity contribution in [1.29, 1.82) is 0 Å².